The Kier molecular flexibility index (Phi) is 6.30. The van der Waals surface area contributed by atoms with Crippen LogP contribution in [0.25, 0.3) is 0 Å². The first kappa shape index (κ1) is 15.8. The highest BCUT2D eigenvalue weighted by Gasteiger charge is 2.15. The van der Waals surface area contributed by atoms with Crippen LogP contribution in [0.5, 0.6) is 0 Å². The summed E-state index contributed by atoms with van der Waals surface area (Å²) in [5.41, 5.74) is 1.28. The molecule has 0 spiro atoms. The van der Waals surface area contributed by atoms with Crippen molar-refractivity contribution in [2.75, 3.05) is 46.8 Å². The molecule has 1 N–H and O–H groups in total. The Morgan fingerprint density at radius 3 is 2.85 bits per heavy atom. The average Bonchev–Trinajstić information content (AvgIpc) is 2.64. The Balaban J connectivity index is 1.87. The van der Waals surface area contributed by atoms with Gasteiger partial charge in [-0.05, 0) is 64.3 Å². The number of rotatable bonds is 5. The summed E-state index contributed by atoms with van der Waals surface area (Å²) in [6, 6.07) is 8.57. The van der Waals surface area contributed by atoms with Crippen molar-refractivity contribution < 1.29 is 0 Å². The fourth-order valence-electron chi connectivity index (χ4n) is 2.84. The van der Waals surface area contributed by atoms with Crippen LogP contribution in [0.1, 0.15) is 24.4 Å². The van der Waals surface area contributed by atoms with Gasteiger partial charge in [0.25, 0.3) is 0 Å². The molecule has 1 atom stereocenters. The monoisotopic (exact) mass is 295 g/mol. The highest BCUT2D eigenvalue weighted by molar-refractivity contribution is 6.30. The molecular weight excluding hydrogens is 270 g/mol. The van der Waals surface area contributed by atoms with Crippen molar-refractivity contribution in [3.05, 3.63) is 34.9 Å². The molecule has 20 heavy (non-hydrogen) atoms. The molecular formula is C16H26ClN3. The first-order chi connectivity index (χ1) is 9.69. The van der Waals surface area contributed by atoms with Crippen LogP contribution < -0.4 is 5.32 Å². The highest BCUT2D eigenvalue weighted by atomic mass is 35.5. The van der Waals surface area contributed by atoms with Crippen molar-refractivity contribution in [3.8, 4) is 0 Å². The summed E-state index contributed by atoms with van der Waals surface area (Å²) in [5.74, 6) is 0. The highest BCUT2D eigenvalue weighted by Crippen LogP contribution is 2.20. The van der Waals surface area contributed by atoms with Crippen LogP contribution in [0, 0.1) is 0 Å². The summed E-state index contributed by atoms with van der Waals surface area (Å²) in [7, 11) is 4.24. The van der Waals surface area contributed by atoms with E-state index in [4.69, 9.17) is 11.6 Å². The predicted octanol–water partition coefficient (Wildman–Crippen LogP) is 2.63. The Labute approximate surface area is 127 Å². The van der Waals surface area contributed by atoms with E-state index >= 15 is 0 Å². The number of nitrogens with one attached hydrogen (secondary N) is 1. The summed E-state index contributed by atoms with van der Waals surface area (Å²) >= 11 is 6.09. The van der Waals surface area contributed by atoms with Crippen LogP contribution in [0.4, 0.5) is 0 Å². The Bertz CT molecular complexity index is 410. The van der Waals surface area contributed by atoms with Gasteiger partial charge in [0.15, 0.2) is 0 Å². The van der Waals surface area contributed by atoms with Crippen molar-refractivity contribution >= 4 is 11.6 Å². The molecule has 2 rings (SSSR count). The maximum Gasteiger partial charge on any atom is 0.0409 e. The standard InChI is InChI=1S/C16H26ClN3/c1-18-16(14-5-3-6-15(17)13-14)7-10-20-9-4-8-19(2)11-12-20/h3,5-6,13,16,18H,4,7-12H2,1-2H3. The zero-order chi connectivity index (χ0) is 14.4. The van der Waals surface area contributed by atoms with E-state index in [0.717, 1.165) is 18.0 Å². The molecule has 0 aromatic heterocycles. The molecule has 0 radical (unpaired) electrons. The van der Waals surface area contributed by atoms with Gasteiger partial charge in [-0.1, -0.05) is 23.7 Å². The van der Waals surface area contributed by atoms with Gasteiger partial charge in [-0.25, -0.2) is 0 Å². The third kappa shape index (κ3) is 4.74. The van der Waals surface area contributed by atoms with Crippen LogP contribution in [-0.4, -0.2) is 56.6 Å². The van der Waals surface area contributed by atoms with E-state index in [-0.39, 0.29) is 0 Å². The normalized spacial score (nSPS) is 19.8. The summed E-state index contributed by atoms with van der Waals surface area (Å²) in [6.07, 6.45) is 2.40. The Morgan fingerprint density at radius 2 is 2.10 bits per heavy atom. The lowest BCUT2D eigenvalue weighted by molar-refractivity contribution is 0.262. The second-order valence-corrected chi connectivity index (χ2v) is 6.12. The molecule has 0 amide bonds. The van der Waals surface area contributed by atoms with E-state index in [0.29, 0.717) is 6.04 Å². The summed E-state index contributed by atoms with van der Waals surface area (Å²) < 4.78 is 0. The van der Waals surface area contributed by atoms with Crippen molar-refractivity contribution in [2.24, 2.45) is 0 Å². The molecule has 1 aliphatic heterocycles. The third-order valence-electron chi connectivity index (χ3n) is 4.15. The van der Waals surface area contributed by atoms with Gasteiger partial charge in [0.1, 0.15) is 0 Å². The number of nitrogens with zero attached hydrogens (tertiary/aromatic N) is 2. The molecule has 112 valence electrons. The summed E-state index contributed by atoms with van der Waals surface area (Å²) in [5, 5.41) is 4.23. The molecule has 1 unspecified atom stereocenters. The van der Waals surface area contributed by atoms with Crippen LogP contribution in [-0.2, 0) is 0 Å². The lowest BCUT2D eigenvalue weighted by atomic mass is 10.0. The first-order valence-corrected chi connectivity index (χ1v) is 7.90. The first-order valence-electron chi connectivity index (χ1n) is 7.52. The molecule has 1 aromatic rings. The molecule has 0 aliphatic carbocycles. The maximum absolute atomic E-state index is 6.09. The second-order valence-electron chi connectivity index (χ2n) is 5.68. The van der Waals surface area contributed by atoms with Gasteiger partial charge in [-0.3, -0.25) is 0 Å². The van der Waals surface area contributed by atoms with E-state index in [2.05, 4.69) is 34.3 Å². The Morgan fingerprint density at radius 1 is 1.25 bits per heavy atom. The van der Waals surface area contributed by atoms with Crippen LogP contribution in [0.3, 0.4) is 0 Å². The van der Waals surface area contributed by atoms with Crippen molar-refractivity contribution in [3.63, 3.8) is 0 Å². The molecule has 3 nitrogen and oxygen atoms in total. The minimum absolute atomic E-state index is 0.384. The van der Waals surface area contributed by atoms with Gasteiger partial charge < -0.3 is 15.1 Å². The minimum atomic E-state index is 0.384. The van der Waals surface area contributed by atoms with Gasteiger partial charge >= 0.3 is 0 Å². The van der Waals surface area contributed by atoms with E-state index in [1.54, 1.807) is 0 Å². The van der Waals surface area contributed by atoms with E-state index in [1.807, 2.05) is 19.2 Å². The minimum Gasteiger partial charge on any atom is -0.313 e. The van der Waals surface area contributed by atoms with E-state index in [9.17, 15) is 0 Å². The van der Waals surface area contributed by atoms with Gasteiger partial charge in [-0.2, -0.15) is 0 Å². The van der Waals surface area contributed by atoms with Gasteiger partial charge in [0.2, 0.25) is 0 Å². The third-order valence-corrected chi connectivity index (χ3v) is 4.38. The molecule has 1 heterocycles. The number of hydrogen-bond acceptors (Lipinski definition) is 3. The zero-order valence-corrected chi connectivity index (χ0v) is 13.4. The fourth-order valence-corrected chi connectivity index (χ4v) is 3.03. The SMILES string of the molecule is CNC(CCN1CCCN(C)CC1)c1cccc(Cl)c1. The lowest BCUT2D eigenvalue weighted by Gasteiger charge is -2.24. The number of benzene rings is 1. The molecule has 1 saturated heterocycles. The topological polar surface area (TPSA) is 18.5 Å². The smallest absolute Gasteiger partial charge is 0.0409 e. The van der Waals surface area contributed by atoms with Crippen LogP contribution >= 0.6 is 11.6 Å². The molecule has 0 bridgehead atoms. The lowest BCUT2D eigenvalue weighted by Crippen LogP contribution is -2.32. The van der Waals surface area contributed by atoms with Gasteiger partial charge in [0, 0.05) is 24.2 Å². The van der Waals surface area contributed by atoms with Crippen molar-refractivity contribution in [2.45, 2.75) is 18.9 Å². The summed E-state index contributed by atoms with van der Waals surface area (Å²) in [4.78, 5) is 5.00. The van der Waals surface area contributed by atoms with E-state index < -0.39 is 0 Å². The van der Waals surface area contributed by atoms with Crippen LogP contribution in [0.15, 0.2) is 24.3 Å². The molecule has 4 heteroatoms. The summed E-state index contributed by atoms with van der Waals surface area (Å²) in [6.45, 7) is 5.95. The average molecular weight is 296 g/mol. The quantitative estimate of drug-likeness (QED) is 0.901. The molecule has 0 saturated carbocycles. The Hall–Kier alpha value is -0.610. The molecule has 1 aliphatic rings. The fraction of sp³-hybridized carbons (Fsp3) is 0.625. The molecule has 1 fully saturated rings. The van der Waals surface area contributed by atoms with Gasteiger partial charge in [-0.15, -0.1) is 0 Å². The van der Waals surface area contributed by atoms with Gasteiger partial charge in [0.05, 0.1) is 0 Å². The predicted molar refractivity (Wildman–Crippen MR) is 86.4 cm³/mol. The van der Waals surface area contributed by atoms with Crippen molar-refractivity contribution in [1.29, 1.82) is 0 Å². The number of hydrogen-bond donors (Lipinski definition) is 1. The number of halogens is 1. The largest absolute Gasteiger partial charge is 0.313 e. The van der Waals surface area contributed by atoms with Crippen LogP contribution in [0.2, 0.25) is 5.02 Å². The molecule has 1 aromatic carbocycles. The van der Waals surface area contributed by atoms with E-state index in [1.165, 1.54) is 38.2 Å². The van der Waals surface area contributed by atoms with Crippen molar-refractivity contribution in [1.82, 2.24) is 15.1 Å². The zero-order valence-electron chi connectivity index (χ0n) is 12.6. The number of likely N-dealkylation sites (N-methyl/N-ethyl adjacent to an activating group) is 1. The second kappa shape index (κ2) is 7.99. The maximum atomic E-state index is 6.09.